The number of fused-ring (bicyclic) bond motifs is 1. The van der Waals surface area contributed by atoms with Crippen LogP contribution in [0.15, 0.2) is 24.3 Å². The van der Waals surface area contributed by atoms with Gasteiger partial charge in [-0.05, 0) is 43.7 Å². The molecule has 1 saturated carbocycles. The first kappa shape index (κ1) is 17.4. The van der Waals surface area contributed by atoms with Crippen LogP contribution in [0.1, 0.15) is 48.9 Å². The summed E-state index contributed by atoms with van der Waals surface area (Å²) in [7, 11) is 0. The summed E-state index contributed by atoms with van der Waals surface area (Å²) in [6, 6.07) is 5.45. The largest absolute Gasteiger partial charge is 0.452 e. The van der Waals surface area contributed by atoms with E-state index in [1.165, 1.54) is 43.5 Å². The molecule has 2 fully saturated rings. The summed E-state index contributed by atoms with van der Waals surface area (Å²) in [5.41, 5.74) is 0.108. The Kier molecular flexibility index (Phi) is 5.31. The van der Waals surface area contributed by atoms with Gasteiger partial charge in [-0.1, -0.05) is 12.8 Å². The molecule has 2 aliphatic rings. The summed E-state index contributed by atoms with van der Waals surface area (Å²) in [5.74, 6) is -0.205. The van der Waals surface area contributed by atoms with E-state index < -0.39 is 10.9 Å². The molecule has 2 atom stereocenters. The van der Waals surface area contributed by atoms with Crippen molar-refractivity contribution in [3.8, 4) is 0 Å². The summed E-state index contributed by atoms with van der Waals surface area (Å²) in [4.78, 5) is 36.5. The van der Waals surface area contributed by atoms with Gasteiger partial charge in [0.2, 0.25) is 0 Å². The number of nitrogens with zero attached hydrogens (tertiary/aromatic N) is 2. The average molecular weight is 346 g/mol. The summed E-state index contributed by atoms with van der Waals surface area (Å²) < 4.78 is 5.12. The zero-order valence-corrected chi connectivity index (χ0v) is 14.1. The lowest BCUT2D eigenvalue weighted by Gasteiger charge is -2.44. The number of hydrogen-bond donors (Lipinski definition) is 0. The Morgan fingerprint density at radius 3 is 2.52 bits per heavy atom. The lowest BCUT2D eigenvalue weighted by molar-refractivity contribution is -0.384. The second-order valence-electron chi connectivity index (χ2n) is 6.72. The SMILES string of the molecule is O=C(OCC(=O)N1CCC[C@@H]2CCCC[C@H]21)c1ccc([N+](=O)[O-])cc1. The van der Waals surface area contributed by atoms with Crippen LogP contribution in [0.25, 0.3) is 0 Å². The molecule has 0 spiro atoms. The van der Waals surface area contributed by atoms with Gasteiger partial charge in [0.05, 0.1) is 10.5 Å². The molecule has 1 heterocycles. The molecular weight excluding hydrogens is 324 g/mol. The minimum Gasteiger partial charge on any atom is -0.452 e. The zero-order valence-electron chi connectivity index (χ0n) is 14.1. The number of hydrogen-bond acceptors (Lipinski definition) is 5. The molecule has 134 valence electrons. The number of rotatable bonds is 4. The minimum absolute atomic E-state index is 0.0933. The lowest BCUT2D eigenvalue weighted by Crippen LogP contribution is -2.50. The van der Waals surface area contributed by atoms with E-state index in [4.69, 9.17) is 4.74 Å². The van der Waals surface area contributed by atoms with Gasteiger partial charge in [0.25, 0.3) is 11.6 Å². The maximum Gasteiger partial charge on any atom is 0.338 e. The van der Waals surface area contributed by atoms with E-state index in [1.807, 2.05) is 4.90 Å². The summed E-state index contributed by atoms with van der Waals surface area (Å²) in [6.07, 6.45) is 6.77. The maximum absolute atomic E-state index is 12.5. The van der Waals surface area contributed by atoms with Crippen molar-refractivity contribution in [2.24, 2.45) is 5.92 Å². The van der Waals surface area contributed by atoms with Crippen LogP contribution < -0.4 is 0 Å². The Morgan fingerprint density at radius 2 is 1.80 bits per heavy atom. The molecule has 0 aromatic heterocycles. The molecule has 3 rings (SSSR count). The topological polar surface area (TPSA) is 89.8 Å². The standard InChI is InChI=1S/C18H22N2O5/c21-17(19-11-3-5-13-4-1-2-6-16(13)19)12-25-18(22)14-7-9-15(10-8-14)20(23)24/h7-10,13,16H,1-6,11-12H2/t13-,16+/m0/s1. The molecule has 1 saturated heterocycles. The van der Waals surface area contributed by atoms with E-state index in [2.05, 4.69) is 0 Å². The van der Waals surface area contributed by atoms with E-state index in [-0.39, 0.29) is 29.8 Å². The predicted octanol–water partition coefficient (Wildman–Crippen LogP) is 2.93. The molecule has 25 heavy (non-hydrogen) atoms. The van der Waals surface area contributed by atoms with Gasteiger partial charge in [-0.3, -0.25) is 14.9 Å². The number of benzene rings is 1. The molecule has 1 aromatic rings. The van der Waals surface area contributed by atoms with Gasteiger partial charge in [-0.2, -0.15) is 0 Å². The highest BCUT2D eigenvalue weighted by atomic mass is 16.6. The fourth-order valence-corrected chi connectivity index (χ4v) is 3.95. The van der Waals surface area contributed by atoms with Crippen molar-refractivity contribution in [2.45, 2.75) is 44.6 Å². The van der Waals surface area contributed by atoms with Crippen molar-refractivity contribution in [3.63, 3.8) is 0 Å². The molecule has 1 amide bonds. The van der Waals surface area contributed by atoms with Crippen molar-refractivity contribution in [1.82, 2.24) is 4.90 Å². The second-order valence-corrected chi connectivity index (χ2v) is 6.72. The molecule has 1 aromatic carbocycles. The van der Waals surface area contributed by atoms with Crippen LogP contribution in [0.3, 0.4) is 0 Å². The van der Waals surface area contributed by atoms with Crippen LogP contribution >= 0.6 is 0 Å². The van der Waals surface area contributed by atoms with E-state index in [0.717, 1.165) is 25.8 Å². The Balaban J connectivity index is 1.56. The van der Waals surface area contributed by atoms with Crippen LogP contribution in [0.2, 0.25) is 0 Å². The van der Waals surface area contributed by atoms with Gasteiger partial charge >= 0.3 is 5.97 Å². The first-order valence-electron chi connectivity index (χ1n) is 8.77. The highest BCUT2D eigenvalue weighted by molar-refractivity contribution is 5.91. The van der Waals surface area contributed by atoms with Crippen molar-refractivity contribution in [2.75, 3.05) is 13.2 Å². The monoisotopic (exact) mass is 346 g/mol. The van der Waals surface area contributed by atoms with Crippen LogP contribution in [0.4, 0.5) is 5.69 Å². The summed E-state index contributed by atoms with van der Waals surface area (Å²) >= 11 is 0. The van der Waals surface area contributed by atoms with Gasteiger partial charge in [0, 0.05) is 24.7 Å². The van der Waals surface area contributed by atoms with Gasteiger partial charge in [-0.25, -0.2) is 4.79 Å². The van der Waals surface area contributed by atoms with Crippen molar-refractivity contribution < 1.29 is 19.2 Å². The van der Waals surface area contributed by atoms with E-state index in [0.29, 0.717) is 5.92 Å². The van der Waals surface area contributed by atoms with Gasteiger partial charge < -0.3 is 9.64 Å². The van der Waals surface area contributed by atoms with Gasteiger partial charge in [0.15, 0.2) is 6.61 Å². The Bertz CT molecular complexity index is 656. The normalized spacial score (nSPS) is 22.8. The second kappa shape index (κ2) is 7.63. The fraction of sp³-hybridized carbons (Fsp3) is 0.556. The number of nitro benzene ring substituents is 1. The number of piperidine rings is 1. The first-order chi connectivity index (χ1) is 12.1. The third-order valence-corrected chi connectivity index (χ3v) is 5.20. The molecule has 0 radical (unpaired) electrons. The Morgan fingerprint density at radius 1 is 1.12 bits per heavy atom. The van der Waals surface area contributed by atoms with Crippen LogP contribution in [-0.2, 0) is 9.53 Å². The first-order valence-corrected chi connectivity index (χ1v) is 8.77. The third-order valence-electron chi connectivity index (χ3n) is 5.20. The predicted molar refractivity (Wildman–Crippen MR) is 90.1 cm³/mol. The number of nitro groups is 1. The quantitative estimate of drug-likeness (QED) is 0.475. The molecule has 7 heteroatoms. The van der Waals surface area contributed by atoms with Crippen LogP contribution in [-0.4, -0.2) is 40.9 Å². The maximum atomic E-state index is 12.5. The minimum atomic E-state index is -0.638. The molecule has 7 nitrogen and oxygen atoms in total. The number of non-ortho nitro benzene ring substituents is 1. The fourth-order valence-electron chi connectivity index (χ4n) is 3.95. The third kappa shape index (κ3) is 3.97. The molecule has 0 bridgehead atoms. The van der Waals surface area contributed by atoms with Crippen molar-refractivity contribution in [3.05, 3.63) is 39.9 Å². The Hall–Kier alpha value is -2.44. The number of esters is 1. The number of carbonyl (C=O) groups is 2. The lowest BCUT2D eigenvalue weighted by atomic mass is 9.78. The highest BCUT2D eigenvalue weighted by Gasteiger charge is 2.35. The number of ether oxygens (including phenoxy) is 1. The van der Waals surface area contributed by atoms with Crippen molar-refractivity contribution in [1.29, 1.82) is 0 Å². The zero-order chi connectivity index (χ0) is 17.8. The molecular formula is C18H22N2O5. The van der Waals surface area contributed by atoms with E-state index >= 15 is 0 Å². The molecule has 1 aliphatic heterocycles. The van der Waals surface area contributed by atoms with Crippen LogP contribution in [0.5, 0.6) is 0 Å². The number of amides is 1. The van der Waals surface area contributed by atoms with E-state index in [9.17, 15) is 19.7 Å². The average Bonchev–Trinajstić information content (AvgIpc) is 2.65. The van der Waals surface area contributed by atoms with Gasteiger partial charge in [-0.15, -0.1) is 0 Å². The summed E-state index contributed by atoms with van der Waals surface area (Å²) in [6.45, 7) is 0.453. The molecule has 1 aliphatic carbocycles. The number of likely N-dealkylation sites (tertiary alicyclic amines) is 1. The van der Waals surface area contributed by atoms with Crippen LogP contribution in [0, 0.1) is 16.0 Å². The summed E-state index contributed by atoms with van der Waals surface area (Å²) in [5, 5.41) is 10.6. The molecule has 0 N–H and O–H groups in total. The number of carbonyl (C=O) groups excluding carboxylic acids is 2. The highest BCUT2D eigenvalue weighted by Crippen LogP contribution is 2.35. The van der Waals surface area contributed by atoms with Gasteiger partial charge in [0.1, 0.15) is 0 Å². The Labute approximate surface area is 146 Å². The van der Waals surface area contributed by atoms with E-state index in [1.54, 1.807) is 0 Å². The smallest absolute Gasteiger partial charge is 0.338 e. The van der Waals surface area contributed by atoms with Crippen molar-refractivity contribution >= 4 is 17.6 Å². The molecule has 0 unspecified atom stereocenters.